The molecule has 0 atom stereocenters. The van der Waals surface area contributed by atoms with Crippen molar-refractivity contribution in [3.63, 3.8) is 0 Å². The predicted molar refractivity (Wildman–Crippen MR) is 83.7 cm³/mol. The van der Waals surface area contributed by atoms with E-state index >= 15 is 0 Å². The number of benzene rings is 1. The van der Waals surface area contributed by atoms with Crippen molar-refractivity contribution in [2.45, 2.75) is 26.2 Å². The van der Waals surface area contributed by atoms with Crippen molar-refractivity contribution in [3.8, 4) is 0 Å². The van der Waals surface area contributed by atoms with Crippen LogP contribution in [0.1, 0.15) is 30.4 Å². The van der Waals surface area contributed by atoms with E-state index in [1.165, 1.54) is 12.8 Å². The van der Waals surface area contributed by atoms with Gasteiger partial charge < -0.3 is 15.8 Å². The van der Waals surface area contributed by atoms with Gasteiger partial charge in [-0.1, -0.05) is 12.2 Å². The van der Waals surface area contributed by atoms with Gasteiger partial charge in [0.15, 0.2) is 0 Å². The first kappa shape index (κ1) is 14.3. The standard InChI is InChI=1S/C15H22N2OS/c1-11-9-12(3-4-13(11)14(16)19)17-10-15(5-6-15)7-8-18-2/h3-4,9,17H,5-8,10H2,1-2H3,(H2,16,19). The molecule has 0 aliphatic heterocycles. The zero-order valence-corrected chi connectivity index (χ0v) is 12.5. The van der Waals surface area contributed by atoms with E-state index in [2.05, 4.69) is 11.4 Å². The van der Waals surface area contributed by atoms with Gasteiger partial charge in [0.05, 0.1) is 0 Å². The summed E-state index contributed by atoms with van der Waals surface area (Å²) < 4.78 is 5.17. The van der Waals surface area contributed by atoms with Crippen LogP contribution in [0.4, 0.5) is 5.69 Å². The summed E-state index contributed by atoms with van der Waals surface area (Å²) in [6.07, 6.45) is 3.74. The second kappa shape index (κ2) is 5.88. The third kappa shape index (κ3) is 3.67. The number of anilines is 1. The summed E-state index contributed by atoms with van der Waals surface area (Å²) in [5.41, 5.74) is 9.34. The third-order valence-electron chi connectivity index (χ3n) is 3.95. The molecule has 0 amide bonds. The van der Waals surface area contributed by atoms with Crippen LogP contribution in [-0.4, -0.2) is 25.2 Å². The summed E-state index contributed by atoms with van der Waals surface area (Å²) in [7, 11) is 1.77. The summed E-state index contributed by atoms with van der Waals surface area (Å²) in [6, 6.07) is 6.16. The van der Waals surface area contributed by atoms with Crippen LogP contribution in [0.5, 0.6) is 0 Å². The summed E-state index contributed by atoms with van der Waals surface area (Å²) in [4.78, 5) is 0.461. The van der Waals surface area contributed by atoms with Gasteiger partial charge in [0, 0.05) is 31.5 Å². The van der Waals surface area contributed by atoms with Crippen molar-refractivity contribution in [1.29, 1.82) is 0 Å². The quantitative estimate of drug-likeness (QED) is 0.753. The summed E-state index contributed by atoms with van der Waals surface area (Å²) in [6.45, 7) is 3.90. The lowest BCUT2D eigenvalue weighted by atomic mass is 10.0. The molecule has 19 heavy (non-hydrogen) atoms. The van der Waals surface area contributed by atoms with Gasteiger partial charge in [0.25, 0.3) is 0 Å². The topological polar surface area (TPSA) is 47.3 Å². The van der Waals surface area contributed by atoms with Gasteiger partial charge in [-0.05, 0) is 55.4 Å². The fourth-order valence-electron chi connectivity index (χ4n) is 2.35. The number of ether oxygens (including phenoxy) is 1. The number of hydrogen-bond acceptors (Lipinski definition) is 3. The Labute approximate surface area is 120 Å². The van der Waals surface area contributed by atoms with Gasteiger partial charge in [-0.2, -0.15) is 0 Å². The molecule has 1 fully saturated rings. The zero-order chi connectivity index (χ0) is 13.9. The number of hydrogen-bond donors (Lipinski definition) is 2. The third-order valence-corrected chi connectivity index (χ3v) is 4.17. The number of nitrogens with one attached hydrogen (secondary N) is 1. The van der Waals surface area contributed by atoms with Gasteiger partial charge in [-0.3, -0.25) is 0 Å². The highest BCUT2D eigenvalue weighted by atomic mass is 32.1. The van der Waals surface area contributed by atoms with E-state index in [1.807, 2.05) is 19.1 Å². The first-order chi connectivity index (χ1) is 9.06. The fraction of sp³-hybridized carbons (Fsp3) is 0.533. The lowest BCUT2D eigenvalue weighted by molar-refractivity contribution is 0.175. The van der Waals surface area contributed by atoms with Crippen LogP contribution in [0.15, 0.2) is 18.2 Å². The number of rotatable bonds is 7. The fourth-order valence-corrected chi connectivity index (χ4v) is 2.58. The van der Waals surface area contributed by atoms with Gasteiger partial charge in [-0.15, -0.1) is 0 Å². The van der Waals surface area contributed by atoms with E-state index in [9.17, 15) is 0 Å². The molecule has 0 saturated heterocycles. The second-order valence-corrected chi connectivity index (χ2v) is 5.93. The molecule has 2 rings (SSSR count). The number of nitrogens with two attached hydrogens (primary N) is 1. The van der Waals surface area contributed by atoms with E-state index in [1.54, 1.807) is 7.11 Å². The van der Waals surface area contributed by atoms with Crippen LogP contribution < -0.4 is 11.1 Å². The number of aryl methyl sites for hydroxylation is 1. The van der Waals surface area contributed by atoms with Crippen LogP contribution >= 0.6 is 12.2 Å². The Morgan fingerprint density at radius 2 is 2.21 bits per heavy atom. The molecule has 3 N–H and O–H groups in total. The van der Waals surface area contributed by atoms with E-state index in [0.29, 0.717) is 10.4 Å². The highest BCUT2D eigenvalue weighted by molar-refractivity contribution is 7.80. The normalized spacial score (nSPS) is 16.1. The molecule has 1 aliphatic carbocycles. The van der Waals surface area contributed by atoms with E-state index in [0.717, 1.165) is 36.4 Å². The predicted octanol–water partition coefficient (Wildman–Crippen LogP) is 2.86. The summed E-state index contributed by atoms with van der Waals surface area (Å²) in [5, 5.41) is 3.52. The van der Waals surface area contributed by atoms with Crippen LogP contribution in [0.3, 0.4) is 0 Å². The Morgan fingerprint density at radius 3 is 2.74 bits per heavy atom. The molecule has 0 aromatic heterocycles. The highest BCUT2D eigenvalue weighted by Crippen LogP contribution is 2.48. The molecule has 1 saturated carbocycles. The minimum atomic E-state index is 0.450. The smallest absolute Gasteiger partial charge is 0.104 e. The van der Waals surface area contributed by atoms with Crippen LogP contribution in [0, 0.1) is 12.3 Å². The van der Waals surface area contributed by atoms with Crippen molar-refractivity contribution in [1.82, 2.24) is 0 Å². The second-order valence-electron chi connectivity index (χ2n) is 5.49. The molecule has 104 valence electrons. The van der Waals surface area contributed by atoms with E-state index in [4.69, 9.17) is 22.7 Å². The molecule has 1 aromatic carbocycles. The van der Waals surface area contributed by atoms with E-state index < -0.39 is 0 Å². The van der Waals surface area contributed by atoms with Crippen molar-refractivity contribution in [3.05, 3.63) is 29.3 Å². The summed E-state index contributed by atoms with van der Waals surface area (Å²) >= 11 is 5.02. The Morgan fingerprint density at radius 1 is 1.47 bits per heavy atom. The van der Waals surface area contributed by atoms with Crippen molar-refractivity contribution >= 4 is 22.9 Å². The van der Waals surface area contributed by atoms with Gasteiger partial charge in [-0.25, -0.2) is 0 Å². The Hall–Kier alpha value is -1.13. The first-order valence-corrected chi connectivity index (χ1v) is 7.10. The molecule has 1 aromatic rings. The Kier molecular flexibility index (Phi) is 4.42. The van der Waals surface area contributed by atoms with Gasteiger partial charge in [0.1, 0.15) is 4.99 Å². The molecular weight excluding hydrogens is 256 g/mol. The lowest BCUT2D eigenvalue weighted by Crippen LogP contribution is -2.17. The molecule has 0 heterocycles. The highest BCUT2D eigenvalue weighted by Gasteiger charge is 2.41. The molecule has 3 nitrogen and oxygen atoms in total. The number of thiocarbonyl (C=S) groups is 1. The SMILES string of the molecule is COCCC1(CNc2ccc(C(N)=S)c(C)c2)CC1. The lowest BCUT2D eigenvalue weighted by Gasteiger charge is -2.17. The number of methoxy groups -OCH3 is 1. The van der Waals surface area contributed by atoms with Crippen molar-refractivity contribution in [2.75, 3.05) is 25.6 Å². The Balaban J connectivity index is 1.93. The maximum Gasteiger partial charge on any atom is 0.104 e. The molecule has 0 bridgehead atoms. The molecule has 0 unspecified atom stereocenters. The van der Waals surface area contributed by atoms with E-state index in [-0.39, 0.29) is 0 Å². The largest absolute Gasteiger partial charge is 0.389 e. The Bertz CT molecular complexity index is 469. The molecule has 0 radical (unpaired) electrons. The molecule has 0 spiro atoms. The average molecular weight is 278 g/mol. The summed E-state index contributed by atoms with van der Waals surface area (Å²) in [5.74, 6) is 0. The van der Waals surface area contributed by atoms with Gasteiger partial charge in [0.2, 0.25) is 0 Å². The average Bonchev–Trinajstić information content (AvgIpc) is 3.14. The maximum atomic E-state index is 5.67. The molecular formula is C15H22N2OS. The zero-order valence-electron chi connectivity index (χ0n) is 11.7. The minimum absolute atomic E-state index is 0.450. The van der Waals surface area contributed by atoms with Crippen molar-refractivity contribution in [2.24, 2.45) is 11.1 Å². The molecule has 4 heteroatoms. The minimum Gasteiger partial charge on any atom is -0.389 e. The maximum absolute atomic E-state index is 5.67. The monoisotopic (exact) mass is 278 g/mol. The van der Waals surface area contributed by atoms with Crippen LogP contribution in [-0.2, 0) is 4.74 Å². The van der Waals surface area contributed by atoms with Crippen LogP contribution in [0.25, 0.3) is 0 Å². The van der Waals surface area contributed by atoms with Crippen LogP contribution in [0.2, 0.25) is 0 Å². The molecule has 1 aliphatic rings. The van der Waals surface area contributed by atoms with Gasteiger partial charge >= 0.3 is 0 Å². The first-order valence-electron chi connectivity index (χ1n) is 6.70. The van der Waals surface area contributed by atoms with Crippen molar-refractivity contribution < 1.29 is 4.74 Å².